The van der Waals surface area contributed by atoms with Gasteiger partial charge in [0.25, 0.3) is 0 Å². The maximum absolute atomic E-state index is 11.3. The molecular formula is C17H21NO3S. The van der Waals surface area contributed by atoms with Gasteiger partial charge >= 0.3 is 5.97 Å². The minimum Gasteiger partial charge on any atom is -0.478 e. The molecule has 0 aliphatic heterocycles. The molecule has 0 bridgehead atoms. The van der Waals surface area contributed by atoms with Crippen LogP contribution in [0.4, 0.5) is 0 Å². The van der Waals surface area contributed by atoms with Crippen molar-refractivity contribution in [2.75, 3.05) is 20.3 Å². The number of aromatic carboxylic acids is 1. The van der Waals surface area contributed by atoms with Crippen molar-refractivity contribution >= 4 is 17.3 Å². The molecule has 1 aromatic carbocycles. The van der Waals surface area contributed by atoms with Gasteiger partial charge in [-0.3, -0.25) is 4.90 Å². The van der Waals surface area contributed by atoms with Crippen LogP contribution in [0.25, 0.3) is 0 Å². The van der Waals surface area contributed by atoms with Gasteiger partial charge in [-0.1, -0.05) is 18.2 Å². The third kappa shape index (κ3) is 4.40. The predicted molar refractivity (Wildman–Crippen MR) is 88.4 cm³/mol. The number of hydrogen-bond acceptors (Lipinski definition) is 4. The molecule has 1 heterocycles. The summed E-state index contributed by atoms with van der Waals surface area (Å²) < 4.78 is 5.18. The highest BCUT2D eigenvalue weighted by Gasteiger charge is 2.14. The Balaban J connectivity index is 2.16. The van der Waals surface area contributed by atoms with E-state index in [0.717, 1.165) is 18.7 Å². The molecule has 0 saturated carbocycles. The normalized spacial score (nSPS) is 11.0. The molecule has 0 unspecified atom stereocenters. The molecule has 5 heteroatoms. The van der Waals surface area contributed by atoms with Gasteiger partial charge in [0.05, 0.1) is 12.2 Å². The minimum absolute atomic E-state index is 0.368. The Morgan fingerprint density at radius 2 is 2.05 bits per heavy atom. The lowest BCUT2D eigenvalue weighted by molar-refractivity contribution is 0.0693. The fourth-order valence-electron chi connectivity index (χ4n) is 2.31. The van der Waals surface area contributed by atoms with Crippen molar-refractivity contribution in [3.63, 3.8) is 0 Å². The van der Waals surface area contributed by atoms with E-state index in [4.69, 9.17) is 4.74 Å². The van der Waals surface area contributed by atoms with Crippen molar-refractivity contribution in [2.45, 2.75) is 20.0 Å². The minimum atomic E-state index is -0.880. The molecule has 0 radical (unpaired) electrons. The summed E-state index contributed by atoms with van der Waals surface area (Å²) in [5, 5.41) is 11.4. The van der Waals surface area contributed by atoms with Crippen LogP contribution in [0.3, 0.4) is 0 Å². The van der Waals surface area contributed by atoms with E-state index in [-0.39, 0.29) is 0 Å². The largest absolute Gasteiger partial charge is 0.478 e. The Morgan fingerprint density at radius 3 is 2.68 bits per heavy atom. The SMILES string of the molecule is COCCN(Cc1ccccc1C(=O)O)Cc1sccc1C. The highest BCUT2D eigenvalue weighted by Crippen LogP contribution is 2.20. The van der Waals surface area contributed by atoms with E-state index in [9.17, 15) is 9.90 Å². The Bertz CT molecular complexity index is 624. The number of hydrogen-bond donors (Lipinski definition) is 1. The molecule has 2 aromatic rings. The molecule has 1 N–H and O–H groups in total. The van der Waals surface area contributed by atoms with E-state index in [1.807, 2.05) is 12.1 Å². The summed E-state index contributed by atoms with van der Waals surface area (Å²) in [5.74, 6) is -0.880. The second-order valence-electron chi connectivity index (χ2n) is 5.19. The lowest BCUT2D eigenvalue weighted by Crippen LogP contribution is -2.27. The fourth-order valence-corrected chi connectivity index (χ4v) is 3.26. The first-order valence-electron chi connectivity index (χ1n) is 7.17. The average molecular weight is 319 g/mol. The average Bonchev–Trinajstić information content (AvgIpc) is 2.90. The van der Waals surface area contributed by atoms with Crippen LogP contribution in [0.5, 0.6) is 0 Å². The van der Waals surface area contributed by atoms with E-state index < -0.39 is 5.97 Å². The van der Waals surface area contributed by atoms with Gasteiger partial charge in [-0.2, -0.15) is 0 Å². The van der Waals surface area contributed by atoms with Gasteiger partial charge in [0.15, 0.2) is 0 Å². The van der Waals surface area contributed by atoms with Gasteiger partial charge in [0.1, 0.15) is 0 Å². The lowest BCUT2D eigenvalue weighted by Gasteiger charge is -2.22. The van der Waals surface area contributed by atoms with E-state index in [2.05, 4.69) is 23.3 Å². The van der Waals surface area contributed by atoms with E-state index in [1.54, 1.807) is 30.6 Å². The summed E-state index contributed by atoms with van der Waals surface area (Å²) in [6.07, 6.45) is 0. The number of carboxylic acid groups (broad SMARTS) is 1. The quantitative estimate of drug-likeness (QED) is 0.810. The van der Waals surface area contributed by atoms with Gasteiger partial charge < -0.3 is 9.84 Å². The standard InChI is InChI=1S/C17H21NO3S/c1-13-7-10-22-16(13)12-18(8-9-21-2)11-14-5-3-4-6-15(14)17(19)20/h3-7,10H,8-9,11-12H2,1-2H3,(H,19,20). The number of carbonyl (C=O) groups is 1. The van der Waals surface area contributed by atoms with Gasteiger partial charge in [-0.25, -0.2) is 4.79 Å². The van der Waals surface area contributed by atoms with Crippen molar-refractivity contribution in [2.24, 2.45) is 0 Å². The lowest BCUT2D eigenvalue weighted by atomic mass is 10.1. The van der Waals surface area contributed by atoms with Crippen LogP contribution in [-0.4, -0.2) is 36.2 Å². The zero-order valence-corrected chi connectivity index (χ0v) is 13.7. The number of carboxylic acids is 1. The molecule has 1 aromatic heterocycles. The molecule has 0 fully saturated rings. The van der Waals surface area contributed by atoms with E-state index in [1.165, 1.54) is 10.4 Å². The van der Waals surface area contributed by atoms with Crippen LogP contribution in [0, 0.1) is 6.92 Å². The number of aryl methyl sites for hydroxylation is 1. The maximum Gasteiger partial charge on any atom is 0.336 e. The summed E-state index contributed by atoms with van der Waals surface area (Å²) in [4.78, 5) is 14.9. The monoisotopic (exact) mass is 319 g/mol. The number of methoxy groups -OCH3 is 1. The first-order chi connectivity index (χ1) is 10.6. The molecule has 0 aliphatic rings. The van der Waals surface area contributed by atoms with Crippen LogP contribution in [-0.2, 0) is 17.8 Å². The van der Waals surface area contributed by atoms with Gasteiger partial charge in [0, 0.05) is 31.6 Å². The highest BCUT2D eigenvalue weighted by atomic mass is 32.1. The molecule has 0 saturated heterocycles. The third-order valence-electron chi connectivity index (χ3n) is 3.59. The van der Waals surface area contributed by atoms with Crippen molar-refractivity contribution in [3.8, 4) is 0 Å². The molecule has 0 spiro atoms. The summed E-state index contributed by atoms with van der Waals surface area (Å²) in [5.41, 5.74) is 2.48. The Labute approximate surface area is 135 Å². The zero-order chi connectivity index (χ0) is 15.9. The first-order valence-corrected chi connectivity index (χ1v) is 8.05. The van der Waals surface area contributed by atoms with E-state index >= 15 is 0 Å². The first kappa shape index (κ1) is 16.7. The summed E-state index contributed by atoms with van der Waals surface area (Å²) >= 11 is 1.73. The predicted octanol–water partition coefficient (Wildman–Crippen LogP) is 3.40. The van der Waals surface area contributed by atoms with Crippen molar-refractivity contribution in [1.29, 1.82) is 0 Å². The highest BCUT2D eigenvalue weighted by molar-refractivity contribution is 7.10. The van der Waals surface area contributed by atoms with Crippen LogP contribution >= 0.6 is 11.3 Å². The van der Waals surface area contributed by atoms with Crippen LogP contribution in [0.2, 0.25) is 0 Å². The van der Waals surface area contributed by atoms with Crippen LogP contribution < -0.4 is 0 Å². The van der Waals surface area contributed by atoms with Gasteiger partial charge in [0.2, 0.25) is 0 Å². The molecule has 118 valence electrons. The third-order valence-corrected chi connectivity index (χ3v) is 4.60. The second kappa shape index (κ2) is 8.08. The van der Waals surface area contributed by atoms with Crippen LogP contribution in [0.15, 0.2) is 35.7 Å². The molecule has 0 aliphatic carbocycles. The number of rotatable bonds is 8. The van der Waals surface area contributed by atoms with Gasteiger partial charge in [-0.05, 0) is 35.6 Å². The zero-order valence-electron chi connectivity index (χ0n) is 12.9. The summed E-state index contributed by atoms with van der Waals surface area (Å²) in [7, 11) is 1.68. The molecule has 0 amide bonds. The Morgan fingerprint density at radius 1 is 1.27 bits per heavy atom. The van der Waals surface area contributed by atoms with Crippen LogP contribution in [0.1, 0.15) is 26.4 Å². The van der Waals surface area contributed by atoms with Crippen molar-refractivity contribution in [3.05, 3.63) is 57.3 Å². The van der Waals surface area contributed by atoms with Gasteiger partial charge in [-0.15, -0.1) is 11.3 Å². The molecule has 2 rings (SSSR count). The Hall–Kier alpha value is -1.69. The maximum atomic E-state index is 11.3. The van der Waals surface area contributed by atoms with E-state index in [0.29, 0.717) is 18.7 Å². The second-order valence-corrected chi connectivity index (χ2v) is 6.19. The van der Waals surface area contributed by atoms with Crippen molar-refractivity contribution in [1.82, 2.24) is 4.90 Å². The number of thiophene rings is 1. The molecular weight excluding hydrogens is 298 g/mol. The Kier molecular flexibility index (Phi) is 6.12. The topological polar surface area (TPSA) is 49.8 Å². The van der Waals surface area contributed by atoms with Crippen molar-refractivity contribution < 1.29 is 14.6 Å². The fraction of sp³-hybridized carbons (Fsp3) is 0.353. The molecule has 0 atom stereocenters. The molecule has 22 heavy (non-hydrogen) atoms. The number of nitrogens with zero attached hydrogens (tertiary/aromatic N) is 1. The summed E-state index contributed by atoms with van der Waals surface area (Å²) in [6, 6.07) is 9.29. The number of benzene rings is 1. The summed E-state index contributed by atoms with van der Waals surface area (Å²) in [6.45, 7) is 4.90. The number of ether oxygens (including phenoxy) is 1. The smallest absolute Gasteiger partial charge is 0.336 e. The molecule has 4 nitrogen and oxygen atoms in total.